The molecule has 0 unspecified atom stereocenters. The zero-order valence-electron chi connectivity index (χ0n) is 14.6. The molecule has 0 radical (unpaired) electrons. The van der Waals surface area contributed by atoms with Crippen LogP contribution in [0.15, 0.2) is 41.3 Å². The number of benzene rings is 1. The summed E-state index contributed by atoms with van der Waals surface area (Å²) >= 11 is 3.08. The van der Waals surface area contributed by atoms with Gasteiger partial charge in [-0.3, -0.25) is 4.31 Å². The van der Waals surface area contributed by atoms with Gasteiger partial charge in [-0.25, -0.2) is 13.4 Å². The van der Waals surface area contributed by atoms with E-state index in [1.165, 1.54) is 15.6 Å². The highest BCUT2D eigenvalue weighted by molar-refractivity contribution is 7.93. The first kappa shape index (κ1) is 18.1. The van der Waals surface area contributed by atoms with Crippen molar-refractivity contribution in [2.24, 2.45) is 0 Å². The van der Waals surface area contributed by atoms with E-state index >= 15 is 0 Å². The highest BCUT2D eigenvalue weighted by Crippen LogP contribution is 2.38. The number of anilines is 1. The molecule has 7 heteroatoms. The summed E-state index contributed by atoms with van der Waals surface area (Å²) in [4.78, 5) is 7.77. The number of aromatic nitrogens is 1. The van der Waals surface area contributed by atoms with Crippen molar-refractivity contribution in [3.63, 3.8) is 0 Å². The molecule has 0 N–H and O–H groups in total. The molecule has 4 nitrogen and oxygen atoms in total. The summed E-state index contributed by atoms with van der Waals surface area (Å²) in [5, 5.41) is 0.882. The highest BCUT2D eigenvalue weighted by Gasteiger charge is 2.28. The van der Waals surface area contributed by atoms with Gasteiger partial charge >= 0.3 is 0 Å². The first-order valence-corrected chi connectivity index (χ1v) is 11.0. The van der Waals surface area contributed by atoms with Gasteiger partial charge in [0.05, 0.1) is 16.3 Å². The lowest BCUT2D eigenvalue weighted by molar-refractivity contribution is 0.592. The van der Waals surface area contributed by atoms with E-state index in [-0.39, 0.29) is 0 Å². The van der Waals surface area contributed by atoms with Crippen LogP contribution in [0, 0.1) is 20.8 Å². The number of thiophene rings is 1. The van der Waals surface area contributed by atoms with Crippen molar-refractivity contribution in [2.75, 3.05) is 10.8 Å². The number of hydrogen-bond donors (Lipinski definition) is 0. The zero-order valence-corrected chi connectivity index (χ0v) is 17.1. The maximum Gasteiger partial charge on any atom is 0.265 e. The van der Waals surface area contributed by atoms with Gasteiger partial charge in [0.25, 0.3) is 10.0 Å². The van der Waals surface area contributed by atoms with Crippen LogP contribution in [0.1, 0.15) is 22.4 Å². The average Bonchev–Trinajstić information content (AvgIpc) is 3.12. The lowest BCUT2D eigenvalue weighted by Crippen LogP contribution is -2.30. The maximum absolute atomic E-state index is 13.2. The predicted octanol–water partition coefficient (Wildman–Crippen LogP) is 5.01. The summed E-state index contributed by atoms with van der Waals surface area (Å²) < 4.78 is 27.9. The van der Waals surface area contributed by atoms with Crippen molar-refractivity contribution in [1.82, 2.24) is 4.98 Å². The van der Waals surface area contributed by atoms with Crippen molar-refractivity contribution >= 4 is 38.4 Å². The molecular formula is C18H20N2O2S3. The average molecular weight is 393 g/mol. The van der Waals surface area contributed by atoms with Gasteiger partial charge in [-0.15, -0.1) is 22.7 Å². The van der Waals surface area contributed by atoms with Crippen molar-refractivity contribution in [3.05, 3.63) is 51.8 Å². The quantitative estimate of drug-likeness (QED) is 0.613. The topological polar surface area (TPSA) is 50.3 Å². The van der Waals surface area contributed by atoms with Crippen LogP contribution in [0.2, 0.25) is 0 Å². The Balaban J connectivity index is 2.06. The van der Waals surface area contributed by atoms with E-state index in [1.807, 2.05) is 58.0 Å². The standard InChI is InChI=1S/C18H20N2O2S3/c1-5-20(15-9-7-6-8-10-15)25(21,22)17-11-16(23-14(17)4)18-19-12(2)13(3)24-18/h6-11H,5H2,1-4H3. The molecule has 0 amide bonds. The number of rotatable bonds is 5. The monoisotopic (exact) mass is 392 g/mol. The predicted molar refractivity (Wildman–Crippen MR) is 106 cm³/mol. The summed E-state index contributed by atoms with van der Waals surface area (Å²) in [6.07, 6.45) is 0. The van der Waals surface area contributed by atoms with E-state index in [0.717, 1.165) is 25.3 Å². The molecule has 3 aromatic rings. The zero-order chi connectivity index (χ0) is 18.2. The summed E-state index contributed by atoms with van der Waals surface area (Å²) in [6.45, 7) is 8.09. The van der Waals surface area contributed by atoms with Crippen molar-refractivity contribution in [3.8, 4) is 9.88 Å². The molecule has 2 heterocycles. The van der Waals surface area contributed by atoms with Crippen LogP contribution in [0.4, 0.5) is 5.69 Å². The van der Waals surface area contributed by atoms with E-state index < -0.39 is 10.0 Å². The molecule has 0 saturated heterocycles. The van der Waals surface area contributed by atoms with Crippen molar-refractivity contribution in [2.45, 2.75) is 32.6 Å². The fourth-order valence-electron chi connectivity index (χ4n) is 2.61. The largest absolute Gasteiger partial charge is 0.267 e. The lowest BCUT2D eigenvalue weighted by atomic mass is 10.3. The second-order valence-electron chi connectivity index (χ2n) is 5.70. The van der Waals surface area contributed by atoms with Gasteiger partial charge in [-0.05, 0) is 45.9 Å². The van der Waals surface area contributed by atoms with Crippen LogP contribution < -0.4 is 4.31 Å². The van der Waals surface area contributed by atoms with Gasteiger partial charge < -0.3 is 0 Å². The Kier molecular flexibility index (Phi) is 4.99. The molecule has 0 atom stereocenters. The van der Waals surface area contributed by atoms with Gasteiger partial charge in [0.1, 0.15) is 9.90 Å². The lowest BCUT2D eigenvalue weighted by Gasteiger charge is -2.22. The van der Waals surface area contributed by atoms with Crippen LogP contribution in [0.25, 0.3) is 9.88 Å². The molecule has 0 saturated carbocycles. The number of sulfonamides is 1. The van der Waals surface area contributed by atoms with Crippen molar-refractivity contribution < 1.29 is 8.42 Å². The molecule has 0 spiro atoms. The second kappa shape index (κ2) is 6.90. The normalized spacial score (nSPS) is 11.7. The Morgan fingerprint density at radius 3 is 2.28 bits per heavy atom. The maximum atomic E-state index is 13.2. The summed E-state index contributed by atoms with van der Waals surface area (Å²) in [7, 11) is -3.60. The third-order valence-electron chi connectivity index (χ3n) is 4.01. The fourth-order valence-corrected chi connectivity index (χ4v) is 6.61. The molecular weight excluding hydrogens is 372 g/mol. The first-order valence-electron chi connectivity index (χ1n) is 7.97. The first-order chi connectivity index (χ1) is 11.8. The molecule has 1 aromatic carbocycles. The Morgan fingerprint density at radius 2 is 1.72 bits per heavy atom. The summed E-state index contributed by atoms with van der Waals surface area (Å²) in [5.74, 6) is 0. The van der Waals surface area contributed by atoms with Crippen LogP contribution in [-0.2, 0) is 10.0 Å². The third-order valence-corrected chi connectivity index (χ3v) is 8.46. The Bertz CT molecular complexity index is 969. The van der Waals surface area contributed by atoms with Crippen LogP contribution >= 0.6 is 22.7 Å². The molecule has 0 aliphatic carbocycles. The number of hydrogen-bond acceptors (Lipinski definition) is 5. The number of para-hydroxylation sites is 1. The minimum atomic E-state index is -3.60. The smallest absolute Gasteiger partial charge is 0.265 e. The van der Waals surface area contributed by atoms with E-state index in [1.54, 1.807) is 17.4 Å². The SMILES string of the molecule is CCN(c1ccccc1)S(=O)(=O)c1cc(-c2nc(C)c(C)s2)sc1C. The molecule has 132 valence electrons. The van der Waals surface area contributed by atoms with Gasteiger partial charge in [0.15, 0.2) is 0 Å². The van der Waals surface area contributed by atoms with E-state index in [9.17, 15) is 8.42 Å². The minimum Gasteiger partial charge on any atom is -0.267 e. The van der Waals surface area contributed by atoms with Gasteiger partial charge in [-0.2, -0.15) is 0 Å². The van der Waals surface area contributed by atoms with Crippen LogP contribution in [0.5, 0.6) is 0 Å². The van der Waals surface area contributed by atoms with Crippen LogP contribution in [-0.4, -0.2) is 19.9 Å². The third kappa shape index (κ3) is 3.36. The van der Waals surface area contributed by atoms with E-state index in [4.69, 9.17) is 0 Å². The van der Waals surface area contributed by atoms with Crippen LogP contribution in [0.3, 0.4) is 0 Å². The van der Waals surface area contributed by atoms with E-state index in [2.05, 4.69) is 4.98 Å². The number of nitrogens with zero attached hydrogens (tertiary/aromatic N) is 2. The van der Waals surface area contributed by atoms with Gasteiger partial charge in [0.2, 0.25) is 0 Å². The molecule has 0 bridgehead atoms. The highest BCUT2D eigenvalue weighted by atomic mass is 32.2. The summed E-state index contributed by atoms with van der Waals surface area (Å²) in [5.41, 5.74) is 1.67. The van der Waals surface area contributed by atoms with Crippen molar-refractivity contribution in [1.29, 1.82) is 0 Å². The number of aryl methyl sites for hydroxylation is 3. The Hall–Kier alpha value is -1.70. The van der Waals surface area contributed by atoms with Gasteiger partial charge in [0, 0.05) is 16.3 Å². The molecule has 25 heavy (non-hydrogen) atoms. The molecule has 0 fully saturated rings. The summed E-state index contributed by atoms with van der Waals surface area (Å²) in [6, 6.07) is 11.0. The molecule has 3 rings (SSSR count). The Labute approximate surface area is 156 Å². The molecule has 0 aliphatic heterocycles. The van der Waals surface area contributed by atoms with E-state index in [0.29, 0.717) is 17.1 Å². The molecule has 0 aliphatic rings. The fraction of sp³-hybridized carbons (Fsp3) is 0.278. The second-order valence-corrected chi connectivity index (χ2v) is 9.99. The minimum absolute atomic E-state index is 0.365. The Morgan fingerprint density at radius 1 is 1.04 bits per heavy atom. The molecule has 2 aromatic heterocycles. The van der Waals surface area contributed by atoms with Gasteiger partial charge in [-0.1, -0.05) is 18.2 Å². The number of thiazole rings is 1.